The minimum atomic E-state index is -3.30. The largest absolute Gasteiger partial charge is 0.449 e. The summed E-state index contributed by atoms with van der Waals surface area (Å²) in [5.41, 5.74) is 1.87. The molecule has 8 nitrogen and oxygen atoms in total. The number of ether oxygens (including phenoxy) is 2. The second-order valence-electron chi connectivity index (χ2n) is 9.74. The lowest BCUT2D eigenvalue weighted by Gasteiger charge is -2.33. The van der Waals surface area contributed by atoms with Gasteiger partial charge in [0.25, 0.3) is 0 Å². The first kappa shape index (κ1) is 24.4. The summed E-state index contributed by atoms with van der Waals surface area (Å²) in [5, 5.41) is 0. The van der Waals surface area contributed by atoms with Gasteiger partial charge in [-0.05, 0) is 82.6 Å². The molecule has 0 radical (unpaired) electrons. The molecule has 0 saturated carbocycles. The monoisotopic (exact) mass is 466 g/mol. The summed E-state index contributed by atoms with van der Waals surface area (Å²) in [6.45, 7) is 9.49. The Balaban J connectivity index is 1.48. The molecule has 0 unspecified atom stereocenters. The summed E-state index contributed by atoms with van der Waals surface area (Å²) < 4.78 is 34.7. The number of nitrogens with zero attached hydrogens (tertiary/aromatic N) is 2. The Kier molecular flexibility index (Phi) is 7.07. The molecule has 1 fully saturated rings. The molecule has 2 heterocycles. The second-order valence-corrected chi connectivity index (χ2v) is 11.8. The van der Waals surface area contributed by atoms with Gasteiger partial charge >= 0.3 is 12.2 Å². The van der Waals surface area contributed by atoms with Crippen molar-refractivity contribution in [3.05, 3.63) is 23.3 Å². The molecule has 0 aliphatic carbocycles. The Bertz CT molecular complexity index is 975. The first-order chi connectivity index (χ1) is 14.8. The van der Waals surface area contributed by atoms with Crippen LogP contribution in [0.3, 0.4) is 0 Å². The Labute approximate surface area is 190 Å². The lowest BCUT2D eigenvalue weighted by molar-refractivity contribution is 0.0175. The van der Waals surface area contributed by atoms with Crippen LogP contribution in [0.15, 0.2) is 17.0 Å². The number of hydrogen-bond acceptors (Lipinski definition) is 6. The van der Waals surface area contributed by atoms with Gasteiger partial charge in [-0.25, -0.2) is 18.0 Å². The van der Waals surface area contributed by atoms with Crippen LogP contribution in [0.25, 0.3) is 0 Å². The van der Waals surface area contributed by atoms with E-state index in [0.717, 1.165) is 36.1 Å². The second kappa shape index (κ2) is 9.29. The van der Waals surface area contributed by atoms with Crippen LogP contribution in [0.4, 0.5) is 15.3 Å². The molecule has 32 heavy (non-hydrogen) atoms. The number of benzene rings is 1. The van der Waals surface area contributed by atoms with E-state index in [4.69, 9.17) is 9.47 Å². The molecule has 2 amide bonds. The van der Waals surface area contributed by atoms with Gasteiger partial charge in [0.15, 0.2) is 9.84 Å². The minimum absolute atomic E-state index is 0.274. The van der Waals surface area contributed by atoms with E-state index in [1.54, 1.807) is 21.9 Å². The fourth-order valence-corrected chi connectivity index (χ4v) is 5.00. The van der Waals surface area contributed by atoms with Gasteiger partial charge in [0, 0.05) is 25.9 Å². The number of hydrogen-bond donors (Lipinski definition) is 0. The van der Waals surface area contributed by atoms with E-state index < -0.39 is 21.5 Å². The van der Waals surface area contributed by atoms with Gasteiger partial charge in [-0.1, -0.05) is 0 Å². The molecule has 178 valence electrons. The Morgan fingerprint density at radius 3 is 2.34 bits per heavy atom. The molecular weight excluding hydrogens is 432 g/mol. The van der Waals surface area contributed by atoms with E-state index in [0.29, 0.717) is 38.6 Å². The van der Waals surface area contributed by atoms with Crippen LogP contribution in [0.1, 0.15) is 51.2 Å². The summed E-state index contributed by atoms with van der Waals surface area (Å²) in [6, 6.07) is 3.27. The SMILES string of the molecule is Cc1cc(S(C)(=O)=O)cc2c1N(C(=O)OCCC1CCN(C(=O)OC(C)(C)C)CC1)CC2. The Hall–Kier alpha value is -2.29. The van der Waals surface area contributed by atoms with E-state index in [1.165, 1.54) is 6.26 Å². The Morgan fingerprint density at radius 2 is 1.75 bits per heavy atom. The zero-order chi connectivity index (χ0) is 23.7. The first-order valence-corrected chi connectivity index (χ1v) is 13.0. The molecule has 0 bridgehead atoms. The number of fused-ring (bicyclic) bond motifs is 1. The molecule has 1 aromatic rings. The number of carbonyl (C=O) groups excluding carboxylic acids is 2. The molecule has 2 aliphatic rings. The third kappa shape index (κ3) is 5.94. The van der Waals surface area contributed by atoms with Gasteiger partial charge in [0.1, 0.15) is 5.60 Å². The normalized spacial score (nSPS) is 17.3. The van der Waals surface area contributed by atoms with Crippen molar-refractivity contribution in [2.45, 2.75) is 63.9 Å². The number of likely N-dealkylation sites (tertiary alicyclic amines) is 1. The molecule has 9 heteroatoms. The van der Waals surface area contributed by atoms with E-state index in [9.17, 15) is 18.0 Å². The fourth-order valence-electron chi connectivity index (χ4n) is 4.26. The standard InChI is InChI=1S/C23H34N2O6S/c1-16-14-19(32(5,28)29)15-18-8-12-25(20(16)18)22(27)30-13-9-17-6-10-24(11-7-17)21(26)31-23(2,3)4/h14-15,17H,6-13H2,1-5H3. The van der Waals surface area contributed by atoms with Gasteiger partial charge < -0.3 is 14.4 Å². The van der Waals surface area contributed by atoms with Crippen molar-refractivity contribution >= 4 is 27.7 Å². The molecule has 2 aliphatic heterocycles. The number of rotatable bonds is 4. The van der Waals surface area contributed by atoms with Crippen molar-refractivity contribution in [2.75, 3.05) is 37.4 Å². The van der Waals surface area contributed by atoms with Crippen molar-refractivity contribution in [2.24, 2.45) is 5.92 Å². The predicted molar refractivity (Wildman–Crippen MR) is 122 cm³/mol. The van der Waals surface area contributed by atoms with Crippen LogP contribution in [0, 0.1) is 12.8 Å². The highest BCUT2D eigenvalue weighted by Crippen LogP contribution is 2.34. The average Bonchev–Trinajstić information content (AvgIpc) is 3.11. The highest BCUT2D eigenvalue weighted by atomic mass is 32.2. The van der Waals surface area contributed by atoms with Crippen molar-refractivity contribution < 1.29 is 27.5 Å². The van der Waals surface area contributed by atoms with Crippen LogP contribution < -0.4 is 4.90 Å². The zero-order valence-electron chi connectivity index (χ0n) is 19.6. The lowest BCUT2D eigenvalue weighted by atomic mass is 9.94. The van der Waals surface area contributed by atoms with Gasteiger partial charge in [-0.2, -0.15) is 0 Å². The summed E-state index contributed by atoms with van der Waals surface area (Å²) >= 11 is 0. The lowest BCUT2D eigenvalue weighted by Crippen LogP contribution is -2.42. The van der Waals surface area contributed by atoms with Crippen molar-refractivity contribution in [3.63, 3.8) is 0 Å². The van der Waals surface area contributed by atoms with Crippen molar-refractivity contribution in [1.82, 2.24) is 4.90 Å². The average molecular weight is 467 g/mol. The third-order valence-electron chi connectivity index (χ3n) is 5.89. The van der Waals surface area contributed by atoms with Crippen LogP contribution in [0.5, 0.6) is 0 Å². The maximum Gasteiger partial charge on any atom is 0.414 e. The molecule has 0 N–H and O–H groups in total. The zero-order valence-corrected chi connectivity index (χ0v) is 20.5. The van der Waals surface area contributed by atoms with Crippen LogP contribution in [-0.2, 0) is 25.7 Å². The van der Waals surface area contributed by atoms with Crippen LogP contribution in [0.2, 0.25) is 0 Å². The first-order valence-electron chi connectivity index (χ1n) is 11.1. The van der Waals surface area contributed by atoms with Gasteiger partial charge in [-0.3, -0.25) is 4.90 Å². The highest BCUT2D eigenvalue weighted by Gasteiger charge is 2.30. The number of aryl methyl sites for hydroxylation is 1. The van der Waals surface area contributed by atoms with Crippen molar-refractivity contribution in [3.8, 4) is 0 Å². The molecular formula is C23H34N2O6S. The smallest absolute Gasteiger partial charge is 0.414 e. The van der Waals surface area contributed by atoms with Crippen LogP contribution >= 0.6 is 0 Å². The van der Waals surface area contributed by atoms with Crippen LogP contribution in [-0.4, -0.2) is 63.6 Å². The molecule has 0 spiro atoms. The predicted octanol–water partition coefficient (Wildman–Crippen LogP) is 3.93. The molecule has 3 rings (SSSR count). The van der Waals surface area contributed by atoms with Gasteiger partial charge in [0.2, 0.25) is 0 Å². The number of amides is 2. The van der Waals surface area contributed by atoms with Gasteiger partial charge in [-0.15, -0.1) is 0 Å². The Morgan fingerprint density at radius 1 is 1.09 bits per heavy atom. The number of sulfone groups is 1. The fraction of sp³-hybridized carbons (Fsp3) is 0.652. The number of carbonyl (C=O) groups is 2. The van der Waals surface area contributed by atoms with Crippen molar-refractivity contribution in [1.29, 1.82) is 0 Å². The summed E-state index contributed by atoms with van der Waals surface area (Å²) in [7, 11) is -3.30. The quantitative estimate of drug-likeness (QED) is 0.667. The maximum atomic E-state index is 12.7. The summed E-state index contributed by atoms with van der Waals surface area (Å²) in [4.78, 5) is 28.5. The summed E-state index contributed by atoms with van der Waals surface area (Å²) in [5.74, 6) is 0.395. The number of anilines is 1. The van der Waals surface area contributed by atoms with E-state index in [2.05, 4.69) is 0 Å². The number of piperidine rings is 1. The maximum absolute atomic E-state index is 12.7. The molecule has 0 atom stereocenters. The van der Waals surface area contributed by atoms with E-state index in [-0.39, 0.29) is 11.0 Å². The topological polar surface area (TPSA) is 93.2 Å². The molecule has 1 saturated heterocycles. The highest BCUT2D eigenvalue weighted by molar-refractivity contribution is 7.90. The van der Waals surface area contributed by atoms with E-state index >= 15 is 0 Å². The third-order valence-corrected chi connectivity index (χ3v) is 6.99. The molecule has 0 aromatic heterocycles. The van der Waals surface area contributed by atoms with E-state index in [1.807, 2.05) is 27.7 Å². The summed E-state index contributed by atoms with van der Waals surface area (Å²) in [6.07, 6.45) is 3.59. The molecule has 1 aromatic carbocycles. The minimum Gasteiger partial charge on any atom is -0.449 e. The van der Waals surface area contributed by atoms with Gasteiger partial charge in [0.05, 0.1) is 17.2 Å².